The van der Waals surface area contributed by atoms with Gasteiger partial charge in [0, 0.05) is 12.7 Å². The molecular weight excluding hydrogens is 523 g/mol. The molecule has 0 aliphatic heterocycles. The Bertz CT molecular complexity index is 996. The predicted octanol–water partition coefficient (Wildman–Crippen LogP) is 3.18. The van der Waals surface area contributed by atoms with Crippen molar-refractivity contribution in [3.63, 3.8) is 0 Å². The molecule has 1 N–H and O–H groups in total. The van der Waals surface area contributed by atoms with Crippen molar-refractivity contribution in [1.82, 2.24) is 9.55 Å². The van der Waals surface area contributed by atoms with Crippen molar-refractivity contribution in [2.24, 2.45) is 10.8 Å². The van der Waals surface area contributed by atoms with E-state index < -0.39 is 55.2 Å². The van der Waals surface area contributed by atoms with Crippen molar-refractivity contribution in [3.8, 4) is 0 Å². The lowest BCUT2D eigenvalue weighted by Crippen LogP contribution is -2.29. The van der Waals surface area contributed by atoms with Crippen LogP contribution in [0.4, 0.5) is 0 Å². The zero-order valence-electron chi connectivity index (χ0n) is 19.5. The smallest absolute Gasteiger partial charge is 0.340 e. The van der Waals surface area contributed by atoms with E-state index in [-0.39, 0.29) is 17.2 Å². The van der Waals surface area contributed by atoms with Gasteiger partial charge in [-0.15, -0.1) is 0 Å². The molecule has 1 aromatic heterocycles. The fraction of sp³-hybridized carbons (Fsp3) is 0.600. The van der Waals surface area contributed by atoms with Gasteiger partial charge in [-0.2, -0.15) is 0 Å². The Kier molecular flexibility index (Phi) is 10.5. The third-order valence-corrected chi connectivity index (χ3v) is 6.09. The molecule has 1 aromatic rings. The first-order chi connectivity index (χ1) is 15.0. The van der Waals surface area contributed by atoms with Crippen LogP contribution in [-0.4, -0.2) is 41.2 Å². The molecule has 0 saturated carbocycles. The van der Waals surface area contributed by atoms with Gasteiger partial charge in [0.25, 0.3) is 5.56 Å². The summed E-state index contributed by atoms with van der Waals surface area (Å²) in [5, 5.41) is 0. The van der Waals surface area contributed by atoms with Gasteiger partial charge in [0.05, 0.1) is 21.5 Å². The predicted molar refractivity (Wildman–Crippen MR) is 124 cm³/mol. The van der Waals surface area contributed by atoms with Gasteiger partial charge < -0.3 is 9.47 Å². The number of esters is 2. The number of H-pyrrole nitrogens is 1. The van der Waals surface area contributed by atoms with Crippen LogP contribution in [0.25, 0.3) is 0 Å². The number of allylic oxidation sites excluding steroid dienone is 2. The van der Waals surface area contributed by atoms with E-state index in [0.29, 0.717) is 0 Å². The Morgan fingerprint density at radius 2 is 1.48 bits per heavy atom. The number of aromatic nitrogens is 2. The molecule has 0 unspecified atom stereocenters. The summed E-state index contributed by atoms with van der Waals surface area (Å²) in [5.41, 5.74) is -2.74. The highest BCUT2D eigenvalue weighted by atomic mass is 79.9. The Morgan fingerprint density at radius 3 is 1.94 bits per heavy atom. The number of rotatable bonds is 10. The van der Waals surface area contributed by atoms with Gasteiger partial charge in [-0.05, 0) is 57.5 Å². The van der Waals surface area contributed by atoms with Crippen molar-refractivity contribution >= 4 is 35.5 Å². The molecule has 13 heteroatoms. The lowest BCUT2D eigenvalue weighted by Gasteiger charge is -2.21. The quantitative estimate of drug-likeness (QED) is 0.200. The molecule has 0 aliphatic rings. The number of aromatic amines is 1. The largest absolute Gasteiger partial charge is 0.438 e. The molecule has 33 heavy (non-hydrogen) atoms. The van der Waals surface area contributed by atoms with Gasteiger partial charge in [0.2, 0.25) is 13.6 Å². The number of carbonyl (C=O) groups excluding carboxylic acids is 2. The van der Waals surface area contributed by atoms with E-state index in [1.54, 1.807) is 41.5 Å². The van der Waals surface area contributed by atoms with Crippen LogP contribution in [0.5, 0.6) is 0 Å². The molecule has 1 heterocycles. The van der Waals surface area contributed by atoms with E-state index in [1.165, 1.54) is 22.9 Å². The Balaban J connectivity index is 2.82. The first kappa shape index (κ1) is 29.0. The molecule has 11 nitrogen and oxygen atoms in total. The number of carbonyl (C=O) groups is 2. The Morgan fingerprint density at radius 1 is 1.00 bits per heavy atom. The van der Waals surface area contributed by atoms with E-state index in [0.717, 1.165) is 0 Å². The monoisotopic (exact) mass is 552 g/mol. The summed E-state index contributed by atoms with van der Waals surface area (Å²) in [6.07, 6.45) is 4.00. The van der Waals surface area contributed by atoms with Gasteiger partial charge in [-0.1, -0.05) is 12.2 Å². The van der Waals surface area contributed by atoms with Crippen molar-refractivity contribution in [2.45, 2.75) is 48.1 Å². The molecule has 1 rings (SSSR count). The molecular formula is C20H30BrN2O9P. The number of nitrogens with one attached hydrogen (secondary N) is 1. The van der Waals surface area contributed by atoms with Gasteiger partial charge in [-0.25, -0.2) is 4.79 Å². The highest BCUT2D eigenvalue weighted by molar-refractivity contribution is 9.10. The third kappa shape index (κ3) is 10.2. The Labute approximate surface area is 200 Å². The first-order valence-corrected chi connectivity index (χ1v) is 12.4. The molecule has 0 aliphatic carbocycles. The lowest BCUT2D eigenvalue weighted by molar-refractivity contribution is -0.161. The fourth-order valence-corrected chi connectivity index (χ4v) is 3.37. The summed E-state index contributed by atoms with van der Waals surface area (Å²) < 4.78 is 34.8. The van der Waals surface area contributed by atoms with Crippen LogP contribution in [-0.2, 0) is 39.2 Å². The van der Waals surface area contributed by atoms with Crippen LogP contribution in [0.15, 0.2) is 32.4 Å². The molecule has 0 amide bonds. The van der Waals surface area contributed by atoms with Crippen molar-refractivity contribution in [1.29, 1.82) is 0 Å². The van der Waals surface area contributed by atoms with Crippen LogP contribution in [0.2, 0.25) is 0 Å². The third-order valence-electron chi connectivity index (χ3n) is 3.87. The van der Waals surface area contributed by atoms with Gasteiger partial charge in [0.1, 0.15) is 0 Å². The molecule has 0 spiro atoms. The molecule has 0 saturated heterocycles. The second kappa shape index (κ2) is 11.9. The van der Waals surface area contributed by atoms with E-state index in [2.05, 4.69) is 20.9 Å². The average molecular weight is 553 g/mol. The molecule has 0 fully saturated rings. The zero-order chi connectivity index (χ0) is 25.4. The number of halogens is 1. The van der Waals surface area contributed by atoms with Crippen LogP contribution >= 0.6 is 23.5 Å². The maximum atomic E-state index is 13.1. The normalized spacial score (nSPS) is 12.7. The number of hydrogen-bond donors (Lipinski definition) is 1. The minimum atomic E-state index is -3.88. The minimum Gasteiger partial charge on any atom is -0.438 e. The van der Waals surface area contributed by atoms with E-state index >= 15 is 0 Å². The molecule has 0 aromatic carbocycles. The van der Waals surface area contributed by atoms with E-state index in [9.17, 15) is 23.7 Å². The van der Waals surface area contributed by atoms with Crippen molar-refractivity contribution in [3.05, 3.63) is 43.7 Å². The van der Waals surface area contributed by atoms with Gasteiger partial charge in [0.15, 0.2) is 0 Å². The highest BCUT2D eigenvalue weighted by Gasteiger charge is 2.29. The number of hydrogen-bond acceptors (Lipinski definition) is 9. The summed E-state index contributed by atoms with van der Waals surface area (Å²) >= 11 is 3.03. The lowest BCUT2D eigenvalue weighted by atomic mass is 9.98. The standard InChI is InChI=1S/C20H30BrN2O9P/c1-19(2,3)16(25)29-12-31-33(28,32-13-30-17(26)20(4,5)6)10-8-7-9-23-11-14(21)15(24)22-18(23)27/h7-8,11H,9-10,12-13H2,1-6H3,(H,22,24,27)/b8-7-. The SMILES string of the molecule is CC(C)(C)C(=O)OCOP(=O)(C/C=C\Cn1cc(Br)c(=O)[nH]c1=O)OCOC(=O)C(C)(C)C. The van der Waals surface area contributed by atoms with Crippen molar-refractivity contribution in [2.75, 3.05) is 19.7 Å². The van der Waals surface area contributed by atoms with Crippen LogP contribution in [0.1, 0.15) is 41.5 Å². The maximum absolute atomic E-state index is 13.1. The van der Waals surface area contributed by atoms with Gasteiger partial charge >= 0.3 is 25.2 Å². The first-order valence-electron chi connectivity index (χ1n) is 9.92. The summed E-state index contributed by atoms with van der Waals surface area (Å²) in [7, 11) is -3.88. The van der Waals surface area contributed by atoms with E-state index in [1.807, 2.05) is 0 Å². The second-order valence-corrected chi connectivity index (χ2v) is 12.0. The zero-order valence-corrected chi connectivity index (χ0v) is 22.0. The maximum Gasteiger partial charge on any atom is 0.340 e. The fourth-order valence-electron chi connectivity index (χ4n) is 1.91. The average Bonchev–Trinajstić information content (AvgIpc) is 2.67. The summed E-state index contributed by atoms with van der Waals surface area (Å²) in [6, 6.07) is 0. The van der Waals surface area contributed by atoms with E-state index in [4.69, 9.17) is 18.5 Å². The topological polar surface area (TPSA) is 143 Å². The highest BCUT2D eigenvalue weighted by Crippen LogP contribution is 2.48. The van der Waals surface area contributed by atoms with Crippen LogP contribution in [0, 0.1) is 10.8 Å². The number of nitrogens with zero attached hydrogens (tertiary/aromatic N) is 1. The Hall–Kier alpha value is -2.01. The summed E-state index contributed by atoms with van der Waals surface area (Å²) in [6.45, 7) is 8.71. The molecule has 0 bridgehead atoms. The molecule has 0 atom stereocenters. The van der Waals surface area contributed by atoms with Crippen LogP contribution < -0.4 is 11.2 Å². The van der Waals surface area contributed by atoms with Crippen LogP contribution in [0.3, 0.4) is 0 Å². The summed E-state index contributed by atoms with van der Waals surface area (Å²) in [4.78, 5) is 49.1. The number of ether oxygens (including phenoxy) is 2. The van der Waals surface area contributed by atoms with Gasteiger partial charge in [-0.3, -0.25) is 37.5 Å². The van der Waals surface area contributed by atoms with Crippen molar-refractivity contribution < 1.29 is 32.7 Å². The molecule has 186 valence electrons. The second-order valence-electron chi connectivity index (χ2n) is 9.01. The minimum absolute atomic E-state index is 0.0617. The molecule has 0 radical (unpaired) electrons. The summed E-state index contributed by atoms with van der Waals surface area (Å²) in [5.74, 6) is -1.13.